The molecule has 66 valence electrons. The second kappa shape index (κ2) is 4.46. The van der Waals surface area contributed by atoms with Gasteiger partial charge in [0.2, 0.25) is 0 Å². The second-order valence-electron chi connectivity index (χ2n) is 2.46. The Kier molecular flexibility index (Phi) is 4.18. The summed E-state index contributed by atoms with van der Waals surface area (Å²) in [6, 6.07) is 0. The summed E-state index contributed by atoms with van der Waals surface area (Å²) in [6.45, 7) is 0. The molecule has 2 nitrogen and oxygen atoms in total. The van der Waals surface area contributed by atoms with E-state index in [9.17, 15) is 5.11 Å². The predicted octanol–water partition coefficient (Wildman–Crippen LogP) is 1.40. The van der Waals surface area contributed by atoms with Crippen LogP contribution in [0.2, 0.25) is 0 Å². The van der Waals surface area contributed by atoms with E-state index in [2.05, 4.69) is 22.6 Å². The number of halogens is 3. The molecule has 4 atom stereocenters. The van der Waals surface area contributed by atoms with E-state index in [1.54, 1.807) is 0 Å². The third-order valence-electron chi connectivity index (χ3n) is 1.72. The largest absolute Gasteiger partial charge is 0.389 e. The summed E-state index contributed by atoms with van der Waals surface area (Å²) in [5.74, 6) is 0.742. The van der Waals surface area contributed by atoms with Crippen LogP contribution in [-0.4, -0.2) is 39.1 Å². The van der Waals surface area contributed by atoms with Gasteiger partial charge in [0.1, 0.15) is 0 Å². The van der Waals surface area contributed by atoms with E-state index in [1.807, 2.05) is 0 Å². The molecule has 1 fully saturated rings. The SMILES string of the molecule is O[C@H]1[C@H](I)[C@@H](CCl)O[C@H]1CCl. The first-order valence-electron chi connectivity index (χ1n) is 3.30. The fourth-order valence-corrected chi connectivity index (χ4v) is 2.76. The van der Waals surface area contributed by atoms with Crippen LogP contribution in [0.25, 0.3) is 0 Å². The first-order chi connectivity index (χ1) is 5.20. The van der Waals surface area contributed by atoms with Crippen LogP contribution in [0.4, 0.5) is 0 Å². The van der Waals surface area contributed by atoms with Crippen molar-refractivity contribution in [1.82, 2.24) is 0 Å². The van der Waals surface area contributed by atoms with Gasteiger partial charge in [-0.25, -0.2) is 0 Å². The van der Waals surface area contributed by atoms with Crippen molar-refractivity contribution in [2.24, 2.45) is 0 Å². The molecular formula is C6H9Cl2IO2. The number of hydrogen-bond donors (Lipinski definition) is 1. The van der Waals surface area contributed by atoms with Gasteiger partial charge < -0.3 is 9.84 Å². The van der Waals surface area contributed by atoms with Gasteiger partial charge in [0, 0.05) is 5.88 Å². The number of ether oxygens (including phenoxy) is 1. The average molecular weight is 311 g/mol. The Morgan fingerprint density at radius 3 is 2.09 bits per heavy atom. The zero-order valence-electron chi connectivity index (χ0n) is 5.71. The van der Waals surface area contributed by atoms with Crippen LogP contribution >= 0.6 is 45.8 Å². The number of aliphatic hydroxyl groups excluding tert-OH is 1. The van der Waals surface area contributed by atoms with Gasteiger partial charge in [0.05, 0.1) is 28.1 Å². The molecule has 0 spiro atoms. The third-order valence-corrected chi connectivity index (χ3v) is 3.86. The Balaban J connectivity index is 2.53. The van der Waals surface area contributed by atoms with Gasteiger partial charge in [0.25, 0.3) is 0 Å². The Bertz CT molecular complexity index is 118. The molecular weight excluding hydrogens is 302 g/mol. The molecule has 1 heterocycles. The highest BCUT2D eigenvalue weighted by molar-refractivity contribution is 14.1. The molecule has 0 saturated carbocycles. The van der Waals surface area contributed by atoms with E-state index in [0.29, 0.717) is 11.8 Å². The van der Waals surface area contributed by atoms with Crippen LogP contribution in [0.1, 0.15) is 0 Å². The lowest BCUT2D eigenvalue weighted by molar-refractivity contribution is 0.0320. The first-order valence-corrected chi connectivity index (χ1v) is 5.61. The number of aliphatic hydroxyl groups is 1. The molecule has 1 saturated heterocycles. The minimum atomic E-state index is -0.475. The number of hydrogen-bond acceptors (Lipinski definition) is 2. The Morgan fingerprint density at radius 2 is 1.82 bits per heavy atom. The fraction of sp³-hybridized carbons (Fsp3) is 1.00. The summed E-state index contributed by atoms with van der Waals surface area (Å²) >= 11 is 13.3. The minimum Gasteiger partial charge on any atom is -0.389 e. The highest BCUT2D eigenvalue weighted by Gasteiger charge is 2.40. The quantitative estimate of drug-likeness (QED) is 0.617. The molecule has 0 radical (unpaired) electrons. The monoisotopic (exact) mass is 310 g/mol. The van der Waals surface area contributed by atoms with Gasteiger partial charge in [0.15, 0.2) is 0 Å². The lowest BCUT2D eigenvalue weighted by Crippen LogP contribution is -2.28. The molecule has 11 heavy (non-hydrogen) atoms. The number of rotatable bonds is 2. The Hall–Kier alpha value is 1.23. The highest BCUT2D eigenvalue weighted by atomic mass is 127. The maximum absolute atomic E-state index is 9.48. The molecule has 0 aliphatic carbocycles. The van der Waals surface area contributed by atoms with E-state index < -0.39 is 6.10 Å². The summed E-state index contributed by atoms with van der Waals surface area (Å²) < 4.78 is 5.43. The van der Waals surface area contributed by atoms with Crippen LogP contribution in [0.5, 0.6) is 0 Å². The summed E-state index contributed by atoms with van der Waals surface area (Å²) in [6.07, 6.45) is -0.782. The van der Waals surface area contributed by atoms with Crippen LogP contribution < -0.4 is 0 Å². The van der Waals surface area contributed by atoms with Crippen LogP contribution in [0.3, 0.4) is 0 Å². The van der Waals surface area contributed by atoms with Gasteiger partial charge in [-0.05, 0) is 0 Å². The van der Waals surface area contributed by atoms with Crippen molar-refractivity contribution in [3.8, 4) is 0 Å². The van der Waals surface area contributed by atoms with Crippen molar-refractivity contribution in [2.75, 3.05) is 11.8 Å². The van der Waals surface area contributed by atoms with Crippen molar-refractivity contribution >= 4 is 45.8 Å². The van der Waals surface area contributed by atoms with Crippen LogP contribution in [-0.2, 0) is 4.74 Å². The van der Waals surface area contributed by atoms with Crippen molar-refractivity contribution in [2.45, 2.75) is 22.2 Å². The molecule has 0 unspecified atom stereocenters. The summed E-state index contributed by atoms with van der Waals surface area (Å²) in [5.41, 5.74) is 0. The molecule has 1 rings (SSSR count). The topological polar surface area (TPSA) is 29.5 Å². The van der Waals surface area contributed by atoms with E-state index in [-0.39, 0.29) is 16.1 Å². The van der Waals surface area contributed by atoms with Gasteiger partial charge in [-0.15, -0.1) is 23.2 Å². The normalized spacial score (nSPS) is 44.7. The molecule has 0 aromatic carbocycles. The van der Waals surface area contributed by atoms with Gasteiger partial charge in [-0.2, -0.15) is 0 Å². The summed E-state index contributed by atoms with van der Waals surface area (Å²) in [5, 5.41) is 9.48. The molecule has 5 heteroatoms. The van der Waals surface area contributed by atoms with Crippen LogP contribution in [0, 0.1) is 0 Å². The standard InChI is InChI=1S/C6H9Cl2IO2/c7-1-3-5(9)6(10)4(2-8)11-3/h3-6,10H,1-2H2/t3-,4+,5-,6-/m1/s1. The first kappa shape index (κ1) is 10.3. The molecule has 0 aromatic heterocycles. The van der Waals surface area contributed by atoms with E-state index in [0.717, 1.165) is 0 Å². The highest BCUT2D eigenvalue weighted by Crippen LogP contribution is 2.28. The zero-order chi connectivity index (χ0) is 8.43. The average Bonchev–Trinajstić information content (AvgIpc) is 2.30. The minimum absolute atomic E-state index is 0.0592. The fourth-order valence-electron chi connectivity index (χ4n) is 1.05. The molecule has 0 bridgehead atoms. The summed E-state index contributed by atoms with van der Waals surface area (Å²) in [4.78, 5) is 0. The molecule has 0 amide bonds. The van der Waals surface area contributed by atoms with E-state index >= 15 is 0 Å². The van der Waals surface area contributed by atoms with E-state index in [4.69, 9.17) is 27.9 Å². The van der Waals surface area contributed by atoms with Crippen molar-refractivity contribution in [3.63, 3.8) is 0 Å². The van der Waals surface area contributed by atoms with Crippen LogP contribution in [0.15, 0.2) is 0 Å². The zero-order valence-corrected chi connectivity index (χ0v) is 9.38. The lowest BCUT2D eigenvalue weighted by Gasteiger charge is -2.09. The Labute approximate surface area is 89.3 Å². The molecule has 0 aromatic rings. The second-order valence-corrected chi connectivity index (χ2v) is 4.51. The van der Waals surface area contributed by atoms with Gasteiger partial charge in [-0.1, -0.05) is 22.6 Å². The molecule has 1 aliphatic heterocycles. The number of alkyl halides is 3. The van der Waals surface area contributed by atoms with Gasteiger partial charge >= 0.3 is 0 Å². The maximum Gasteiger partial charge on any atom is 0.0985 e. The van der Waals surface area contributed by atoms with Crippen molar-refractivity contribution in [3.05, 3.63) is 0 Å². The third kappa shape index (κ3) is 2.12. The lowest BCUT2D eigenvalue weighted by atomic mass is 10.2. The summed E-state index contributed by atoms with van der Waals surface area (Å²) in [7, 11) is 0. The smallest absolute Gasteiger partial charge is 0.0985 e. The van der Waals surface area contributed by atoms with Crippen molar-refractivity contribution in [1.29, 1.82) is 0 Å². The van der Waals surface area contributed by atoms with Gasteiger partial charge in [-0.3, -0.25) is 0 Å². The maximum atomic E-state index is 9.48. The van der Waals surface area contributed by atoms with Crippen molar-refractivity contribution < 1.29 is 9.84 Å². The molecule has 1 N–H and O–H groups in total. The predicted molar refractivity (Wildman–Crippen MR) is 53.9 cm³/mol. The molecule has 1 aliphatic rings. The van der Waals surface area contributed by atoms with E-state index in [1.165, 1.54) is 0 Å². The Morgan fingerprint density at radius 1 is 1.27 bits per heavy atom.